The van der Waals surface area contributed by atoms with E-state index in [1.165, 1.54) is 0 Å². The SMILES string of the molecule is Cc1nc(N(C)c2ccccc2)nc2ccc(Cl)cc12. The lowest BCUT2D eigenvalue weighted by Gasteiger charge is -2.18. The zero-order valence-electron chi connectivity index (χ0n) is 11.3. The number of nitrogens with zero attached hydrogens (tertiary/aromatic N) is 3. The van der Waals surface area contributed by atoms with E-state index in [1.807, 2.05) is 67.4 Å². The third kappa shape index (κ3) is 2.32. The molecule has 3 rings (SSSR count). The number of para-hydroxylation sites is 1. The lowest BCUT2D eigenvalue weighted by molar-refractivity contribution is 1.04. The largest absolute Gasteiger partial charge is 0.314 e. The first-order chi connectivity index (χ1) is 9.65. The number of hydrogen-bond acceptors (Lipinski definition) is 3. The molecule has 0 spiro atoms. The smallest absolute Gasteiger partial charge is 0.230 e. The number of rotatable bonds is 2. The van der Waals surface area contributed by atoms with Gasteiger partial charge in [0, 0.05) is 23.1 Å². The highest BCUT2D eigenvalue weighted by atomic mass is 35.5. The molecule has 4 heteroatoms. The molecule has 20 heavy (non-hydrogen) atoms. The van der Waals surface area contributed by atoms with Crippen LogP contribution in [0.25, 0.3) is 10.9 Å². The Hall–Kier alpha value is -2.13. The molecular weight excluding hydrogens is 270 g/mol. The minimum atomic E-state index is 0.684. The predicted molar refractivity (Wildman–Crippen MR) is 83.8 cm³/mol. The minimum absolute atomic E-state index is 0.684. The van der Waals surface area contributed by atoms with E-state index >= 15 is 0 Å². The summed E-state index contributed by atoms with van der Waals surface area (Å²) in [5.41, 5.74) is 2.88. The first kappa shape index (κ1) is 12.9. The summed E-state index contributed by atoms with van der Waals surface area (Å²) < 4.78 is 0. The summed E-state index contributed by atoms with van der Waals surface area (Å²) in [6.45, 7) is 1.97. The second-order valence-corrected chi connectivity index (χ2v) is 5.10. The second-order valence-electron chi connectivity index (χ2n) is 4.67. The number of fused-ring (bicyclic) bond motifs is 1. The van der Waals surface area contributed by atoms with Gasteiger partial charge in [-0.2, -0.15) is 0 Å². The number of benzene rings is 2. The van der Waals surface area contributed by atoms with E-state index in [4.69, 9.17) is 11.6 Å². The molecule has 0 aliphatic heterocycles. The van der Waals surface area contributed by atoms with Gasteiger partial charge in [-0.25, -0.2) is 9.97 Å². The first-order valence-corrected chi connectivity index (χ1v) is 6.75. The Kier molecular flexibility index (Phi) is 3.28. The molecule has 0 fully saturated rings. The van der Waals surface area contributed by atoms with Crippen molar-refractivity contribution in [2.45, 2.75) is 6.92 Å². The number of aromatic nitrogens is 2. The van der Waals surface area contributed by atoms with Crippen LogP contribution in [0.5, 0.6) is 0 Å². The molecule has 0 N–H and O–H groups in total. The van der Waals surface area contributed by atoms with Crippen LogP contribution in [0.4, 0.5) is 11.6 Å². The Balaban J connectivity index is 2.11. The standard InChI is InChI=1S/C16H14ClN3/c1-11-14-10-12(17)8-9-15(14)19-16(18-11)20(2)13-6-4-3-5-7-13/h3-10H,1-2H3. The predicted octanol–water partition coefficient (Wildman–Crippen LogP) is 4.36. The summed E-state index contributed by atoms with van der Waals surface area (Å²) in [6, 6.07) is 15.7. The quantitative estimate of drug-likeness (QED) is 0.700. The van der Waals surface area contributed by atoms with Gasteiger partial charge in [0.2, 0.25) is 5.95 Å². The van der Waals surface area contributed by atoms with Gasteiger partial charge in [-0.3, -0.25) is 0 Å². The fraction of sp³-hybridized carbons (Fsp3) is 0.125. The van der Waals surface area contributed by atoms with E-state index < -0.39 is 0 Å². The Labute approximate surface area is 122 Å². The molecule has 0 radical (unpaired) electrons. The lowest BCUT2D eigenvalue weighted by Crippen LogP contribution is -2.13. The van der Waals surface area contributed by atoms with Crippen LogP contribution in [0.3, 0.4) is 0 Å². The molecule has 0 aliphatic carbocycles. The van der Waals surface area contributed by atoms with E-state index in [0.29, 0.717) is 11.0 Å². The van der Waals surface area contributed by atoms with Gasteiger partial charge in [-0.1, -0.05) is 29.8 Å². The van der Waals surface area contributed by atoms with E-state index in [-0.39, 0.29) is 0 Å². The molecular formula is C16H14ClN3. The van der Waals surface area contributed by atoms with Crippen molar-refractivity contribution in [2.75, 3.05) is 11.9 Å². The maximum atomic E-state index is 6.02. The van der Waals surface area contributed by atoms with Crippen LogP contribution >= 0.6 is 11.6 Å². The Morgan fingerprint density at radius 2 is 1.75 bits per heavy atom. The van der Waals surface area contributed by atoms with Gasteiger partial charge < -0.3 is 4.90 Å². The van der Waals surface area contributed by atoms with Crippen molar-refractivity contribution in [2.24, 2.45) is 0 Å². The van der Waals surface area contributed by atoms with Crippen molar-refractivity contribution in [1.82, 2.24) is 9.97 Å². The monoisotopic (exact) mass is 283 g/mol. The van der Waals surface area contributed by atoms with Gasteiger partial charge in [0.15, 0.2) is 0 Å². The van der Waals surface area contributed by atoms with Crippen LogP contribution in [0.1, 0.15) is 5.69 Å². The Bertz CT molecular complexity index is 756. The van der Waals surface area contributed by atoms with Gasteiger partial charge in [0.25, 0.3) is 0 Å². The van der Waals surface area contributed by atoms with Crippen LogP contribution in [-0.2, 0) is 0 Å². The molecule has 3 aromatic rings. The van der Waals surface area contributed by atoms with Gasteiger partial charge in [0.1, 0.15) is 0 Å². The first-order valence-electron chi connectivity index (χ1n) is 6.38. The van der Waals surface area contributed by atoms with Crippen molar-refractivity contribution < 1.29 is 0 Å². The molecule has 0 atom stereocenters. The number of anilines is 2. The number of hydrogen-bond donors (Lipinski definition) is 0. The third-order valence-electron chi connectivity index (χ3n) is 3.28. The molecule has 0 saturated carbocycles. The van der Waals surface area contributed by atoms with Gasteiger partial charge in [0.05, 0.1) is 11.2 Å². The molecule has 3 nitrogen and oxygen atoms in total. The fourth-order valence-corrected chi connectivity index (χ4v) is 2.33. The summed E-state index contributed by atoms with van der Waals surface area (Å²) in [5, 5.41) is 1.69. The summed E-state index contributed by atoms with van der Waals surface area (Å²) in [7, 11) is 1.96. The van der Waals surface area contributed by atoms with E-state index in [2.05, 4.69) is 9.97 Å². The minimum Gasteiger partial charge on any atom is -0.314 e. The zero-order valence-corrected chi connectivity index (χ0v) is 12.1. The average molecular weight is 284 g/mol. The number of halogens is 1. The maximum absolute atomic E-state index is 6.02. The highest BCUT2D eigenvalue weighted by Crippen LogP contribution is 2.25. The van der Waals surface area contributed by atoms with E-state index in [1.54, 1.807) is 0 Å². The Morgan fingerprint density at radius 3 is 2.50 bits per heavy atom. The van der Waals surface area contributed by atoms with Crippen LogP contribution in [0.2, 0.25) is 5.02 Å². The highest BCUT2D eigenvalue weighted by Gasteiger charge is 2.10. The highest BCUT2D eigenvalue weighted by molar-refractivity contribution is 6.31. The zero-order chi connectivity index (χ0) is 14.1. The molecule has 100 valence electrons. The fourth-order valence-electron chi connectivity index (χ4n) is 2.16. The van der Waals surface area contributed by atoms with Crippen LogP contribution in [0.15, 0.2) is 48.5 Å². The van der Waals surface area contributed by atoms with Crippen LogP contribution in [0, 0.1) is 6.92 Å². The molecule has 2 aromatic carbocycles. The summed E-state index contributed by atoms with van der Waals surface area (Å²) in [5.74, 6) is 0.684. The van der Waals surface area contributed by atoms with Crippen LogP contribution < -0.4 is 4.90 Å². The summed E-state index contributed by atoms with van der Waals surface area (Å²) in [6.07, 6.45) is 0. The molecule has 1 heterocycles. The van der Waals surface area contributed by atoms with Crippen molar-refractivity contribution in [3.63, 3.8) is 0 Å². The normalized spacial score (nSPS) is 10.8. The molecule has 0 unspecified atom stereocenters. The average Bonchev–Trinajstić information content (AvgIpc) is 2.48. The maximum Gasteiger partial charge on any atom is 0.230 e. The molecule has 0 bridgehead atoms. The second kappa shape index (κ2) is 5.10. The molecule has 0 amide bonds. The third-order valence-corrected chi connectivity index (χ3v) is 3.52. The van der Waals surface area contributed by atoms with E-state index in [0.717, 1.165) is 22.3 Å². The van der Waals surface area contributed by atoms with E-state index in [9.17, 15) is 0 Å². The molecule has 1 aromatic heterocycles. The summed E-state index contributed by atoms with van der Waals surface area (Å²) >= 11 is 6.02. The molecule has 0 aliphatic rings. The van der Waals surface area contributed by atoms with Crippen molar-refractivity contribution in [3.8, 4) is 0 Å². The molecule has 0 saturated heterocycles. The topological polar surface area (TPSA) is 29.0 Å². The van der Waals surface area contributed by atoms with Gasteiger partial charge >= 0.3 is 0 Å². The summed E-state index contributed by atoms with van der Waals surface area (Å²) in [4.78, 5) is 11.2. The van der Waals surface area contributed by atoms with Crippen LogP contribution in [-0.4, -0.2) is 17.0 Å². The Morgan fingerprint density at radius 1 is 1.00 bits per heavy atom. The number of aryl methyl sites for hydroxylation is 1. The van der Waals surface area contributed by atoms with Gasteiger partial charge in [-0.05, 0) is 37.3 Å². The van der Waals surface area contributed by atoms with Crippen molar-refractivity contribution in [3.05, 3.63) is 59.2 Å². The van der Waals surface area contributed by atoms with Crippen molar-refractivity contribution in [1.29, 1.82) is 0 Å². The van der Waals surface area contributed by atoms with Gasteiger partial charge in [-0.15, -0.1) is 0 Å². The van der Waals surface area contributed by atoms with Crippen molar-refractivity contribution >= 4 is 34.1 Å². The lowest BCUT2D eigenvalue weighted by atomic mass is 10.2.